The Labute approximate surface area is 137 Å². The highest BCUT2D eigenvalue weighted by Crippen LogP contribution is 2.41. The van der Waals surface area contributed by atoms with Crippen LogP contribution in [0, 0.1) is 0 Å². The van der Waals surface area contributed by atoms with Crippen molar-refractivity contribution in [3.63, 3.8) is 0 Å². The van der Waals surface area contributed by atoms with Gasteiger partial charge in [-0.05, 0) is 34.9 Å². The van der Waals surface area contributed by atoms with Crippen LogP contribution in [0.3, 0.4) is 0 Å². The van der Waals surface area contributed by atoms with Crippen LogP contribution in [0.4, 0.5) is 13.2 Å². The molecule has 2 aromatic rings. The summed E-state index contributed by atoms with van der Waals surface area (Å²) < 4.78 is 39.6. The molecule has 0 amide bonds. The van der Waals surface area contributed by atoms with Gasteiger partial charge in [-0.15, -0.1) is 0 Å². The van der Waals surface area contributed by atoms with Crippen molar-refractivity contribution in [1.29, 1.82) is 0 Å². The summed E-state index contributed by atoms with van der Waals surface area (Å²) in [5.41, 5.74) is 7.28. The molecule has 0 aromatic heterocycles. The van der Waals surface area contributed by atoms with Crippen LogP contribution in [0.2, 0.25) is 5.02 Å². The average Bonchev–Trinajstić information content (AvgIpc) is 2.85. The highest BCUT2D eigenvalue weighted by Gasteiger charge is 2.39. The molecule has 0 saturated carbocycles. The molecule has 0 saturated heterocycles. The lowest BCUT2D eigenvalue weighted by Crippen LogP contribution is -2.27. The smallest absolute Gasteiger partial charge is 0.329 e. The molecule has 1 atom stereocenters. The van der Waals surface area contributed by atoms with Gasteiger partial charge < -0.3 is 5.73 Å². The normalized spacial score (nSPS) is 18.2. The summed E-state index contributed by atoms with van der Waals surface area (Å²) in [6, 6.07) is 11.4. The van der Waals surface area contributed by atoms with Gasteiger partial charge in [0, 0.05) is 30.7 Å². The van der Waals surface area contributed by atoms with E-state index in [0.717, 1.165) is 11.6 Å². The van der Waals surface area contributed by atoms with Gasteiger partial charge in [-0.25, -0.2) is 0 Å². The Balaban J connectivity index is 1.91. The van der Waals surface area contributed by atoms with Gasteiger partial charge in [0.1, 0.15) is 0 Å². The number of alkyl halides is 3. The predicted octanol–water partition coefficient (Wildman–Crippen LogP) is 4.37. The molecule has 2 N–H and O–H groups in total. The van der Waals surface area contributed by atoms with Gasteiger partial charge in [0.15, 0.2) is 0 Å². The zero-order chi connectivity index (χ0) is 16.6. The van der Waals surface area contributed by atoms with E-state index >= 15 is 0 Å². The molecule has 1 aliphatic heterocycles. The largest absolute Gasteiger partial charge is 0.416 e. The number of fused-ring (bicyclic) bond motifs is 1. The monoisotopic (exact) mass is 340 g/mol. The van der Waals surface area contributed by atoms with Crippen LogP contribution < -0.4 is 5.73 Å². The van der Waals surface area contributed by atoms with E-state index in [0.29, 0.717) is 22.7 Å². The average molecular weight is 341 g/mol. The Morgan fingerprint density at radius 3 is 2.43 bits per heavy atom. The molecular formula is C17H16ClF3N2. The van der Waals surface area contributed by atoms with Crippen LogP contribution in [-0.4, -0.2) is 11.4 Å². The summed E-state index contributed by atoms with van der Waals surface area (Å²) >= 11 is 5.87. The summed E-state index contributed by atoms with van der Waals surface area (Å²) in [4.78, 5) is 1.98. The number of hydrogen-bond acceptors (Lipinski definition) is 2. The van der Waals surface area contributed by atoms with E-state index in [1.807, 2.05) is 17.0 Å². The molecule has 0 bridgehead atoms. The SMILES string of the molecule is NCC1c2cccc(C(F)(F)F)c2CN1Cc1ccc(Cl)cc1. The fourth-order valence-corrected chi connectivity index (χ4v) is 3.26. The van der Waals surface area contributed by atoms with E-state index < -0.39 is 11.7 Å². The minimum atomic E-state index is -4.35. The van der Waals surface area contributed by atoms with Crippen LogP contribution >= 0.6 is 11.6 Å². The molecule has 0 aliphatic carbocycles. The van der Waals surface area contributed by atoms with Gasteiger partial charge in [0.25, 0.3) is 0 Å². The van der Waals surface area contributed by atoms with E-state index in [1.54, 1.807) is 18.2 Å². The van der Waals surface area contributed by atoms with E-state index in [9.17, 15) is 13.2 Å². The molecule has 6 heteroatoms. The third-order valence-electron chi connectivity index (χ3n) is 4.20. The van der Waals surface area contributed by atoms with Crippen molar-refractivity contribution in [3.05, 3.63) is 69.7 Å². The number of hydrogen-bond donors (Lipinski definition) is 1. The molecule has 0 spiro atoms. The van der Waals surface area contributed by atoms with Gasteiger partial charge >= 0.3 is 6.18 Å². The fraction of sp³-hybridized carbons (Fsp3) is 0.294. The van der Waals surface area contributed by atoms with E-state index in [4.69, 9.17) is 17.3 Å². The van der Waals surface area contributed by atoms with Crippen molar-refractivity contribution in [2.24, 2.45) is 5.73 Å². The van der Waals surface area contributed by atoms with Crippen LogP contribution in [0.1, 0.15) is 28.3 Å². The molecule has 0 radical (unpaired) electrons. The first kappa shape index (κ1) is 16.3. The molecule has 3 rings (SSSR count). The first-order chi connectivity index (χ1) is 10.9. The molecule has 2 aromatic carbocycles. The topological polar surface area (TPSA) is 29.3 Å². The Hall–Kier alpha value is -1.56. The minimum Gasteiger partial charge on any atom is -0.329 e. The van der Waals surface area contributed by atoms with E-state index in [1.165, 1.54) is 6.07 Å². The number of nitrogens with two attached hydrogens (primary N) is 1. The van der Waals surface area contributed by atoms with Gasteiger partial charge in [-0.1, -0.05) is 35.9 Å². The summed E-state index contributed by atoms with van der Waals surface area (Å²) in [5.74, 6) is 0. The lowest BCUT2D eigenvalue weighted by Gasteiger charge is -2.23. The standard InChI is InChI=1S/C17H16ClF3N2/c18-12-6-4-11(5-7-12)9-23-10-14-13(16(23)8-22)2-1-3-15(14)17(19,20)21/h1-7,16H,8-10,22H2. The third kappa shape index (κ3) is 3.22. The summed E-state index contributed by atoms with van der Waals surface area (Å²) in [6.07, 6.45) is -4.35. The maximum Gasteiger partial charge on any atom is 0.416 e. The highest BCUT2D eigenvalue weighted by molar-refractivity contribution is 6.30. The zero-order valence-corrected chi connectivity index (χ0v) is 13.0. The van der Waals surface area contributed by atoms with Crippen molar-refractivity contribution >= 4 is 11.6 Å². The Bertz CT molecular complexity index is 698. The second-order valence-electron chi connectivity index (χ2n) is 5.65. The Kier molecular flexibility index (Phi) is 4.36. The molecule has 23 heavy (non-hydrogen) atoms. The Morgan fingerprint density at radius 1 is 1.13 bits per heavy atom. The second kappa shape index (κ2) is 6.15. The summed E-state index contributed by atoms with van der Waals surface area (Å²) in [6.45, 7) is 1.06. The lowest BCUT2D eigenvalue weighted by molar-refractivity contribution is -0.138. The first-order valence-corrected chi connectivity index (χ1v) is 7.65. The van der Waals surface area contributed by atoms with Gasteiger partial charge in [-0.2, -0.15) is 13.2 Å². The van der Waals surface area contributed by atoms with Crippen molar-refractivity contribution in [3.8, 4) is 0 Å². The molecule has 1 heterocycles. The first-order valence-electron chi connectivity index (χ1n) is 7.27. The third-order valence-corrected chi connectivity index (χ3v) is 4.45. The molecule has 1 unspecified atom stereocenters. The lowest BCUT2D eigenvalue weighted by atomic mass is 9.99. The molecular weight excluding hydrogens is 325 g/mol. The van der Waals surface area contributed by atoms with Crippen molar-refractivity contribution < 1.29 is 13.2 Å². The maximum absolute atomic E-state index is 13.2. The number of rotatable bonds is 3. The molecule has 1 aliphatic rings. The van der Waals surface area contributed by atoms with Crippen molar-refractivity contribution in [2.75, 3.05) is 6.54 Å². The minimum absolute atomic E-state index is 0.206. The van der Waals surface area contributed by atoms with E-state index in [-0.39, 0.29) is 19.1 Å². The van der Waals surface area contributed by atoms with Gasteiger partial charge in [-0.3, -0.25) is 4.90 Å². The maximum atomic E-state index is 13.2. The van der Waals surface area contributed by atoms with Crippen LogP contribution in [0.15, 0.2) is 42.5 Å². The predicted molar refractivity (Wildman–Crippen MR) is 83.9 cm³/mol. The van der Waals surface area contributed by atoms with Crippen LogP contribution in [0.25, 0.3) is 0 Å². The van der Waals surface area contributed by atoms with Crippen molar-refractivity contribution in [1.82, 2.24) is 4.90 Å². The number of halogens is 4. The summed E-state index contributed by atoms with van der Waals surface area (Å²) in [7, 11) is 0. The molecule has 2 nitrogen and oxygen atoms in total. The summed E-state index contributed by atoms with van der Waals surface area (Å²) in [5, 5.41) is 0.633. The van der Waals surface area contributed by atoms with Gasteiger partial charge in [0.05, 0.1) is 5.56 Å². The Morgan fingerprint density at radius 2 is 1.83 bits per heavy atom. The number of benzene rings is 2. The van der Waals surface area contributed by atoms with Gasteiger partial charge in [0.2, 0.25) is 0 Å². The second-order valence-corrected chi connectivity index (χ2v) is 6.09. The number of nitrogens with zero attached hydrogens (tertiary/aromatic N) is 1. The van der Waals surface area contributed by atoms with Crippen molar-refractivity contribution in [2.45, 2.75) is 25.3 Å². The fourth-order valence-electron chi connectivity index (χ4n) is 3.14. The van der Waals surface area contributed by atoms with Crippen LogP contribution in [-0.2, 0) is 19.3 Å². The molecule has 122 valence electrons. The van der Waals surface area contributed by atoms with E-state index in [2.05, 4.69) is 0 Å². The molecule has 0 fully saturated rings. The van der Waals surface area contributed by atoms with Crippen LogP contribution in [0.5, 0.6) is 0 Å². The quantitative estimate of drug-likeness (QED) is 0.898. The highest BCUT2D eigenvalue weighted by atomic mass is 35.5. The zero-order valence-electron chi connectivity index (χ0n) is 12.3.